The molecule has 4 heterocycles. The summed E-state index contributed by atoms with van der Waals surface area (Å²) in [5.41, 5.74) is 3.52. The van der Waals surface area contributed by atoms with Crippen LogP contribution in [0.4, 0.5) is 4.79 Å². The highest BCUT2D eigenvalue weighted by Gasteiger charge is 2.42. The molecule has 2 aromatic carbocycles. The second kappa shape index (κ2) is 14.7. The predicted molar refractivity (Wildman–Crippen MR) is 179 cm³/mol. The summed E-state index contributed by atoms with van der Waals surface area (Å²) in [6.07, 6.45) is 9.30. The van der Waals surface area contributed by atoms with Gasteiger partial charge in [0, 0.05) is 36.5 Å². The van der Waals surface area contributed by atoms with Crippen LogP contribution >= 0.6 is 11.8 Å². The monoisotopic (exact) mass is 649 g/mol. The number of hydrogen-bond acceptors (Lipinski definition) is 7. The predicted octanol–water partition coefficient (Wildman–Crippen LogP) is 4.77. The van der Waals surface area contributed by atoms with E-state index >= 15 is 0 Å². The Hall–Kier alpha value is -3.86. The maximum atomic E-state index is 12.3. The quantitative estimate of drug-likeness (QED) is 0.124. The van der Waals surface area contributed by atoms with E-state index in [2.05, 4.69) is 51.0 Å². The fraction of sp³-hybridized carbons (Fsp3) is 0.514. The number of nitrogens with zero attached hydrogens (tertiary/aromatic N) is 1. The van der Waals surface area contributed by atoms with Gasteiger partial charge < -0.3 is 34.9 Å². The Kier molecular flexibility index (Phi) is 10.3. The normalized spacial score (nSPS) is 19.5. The third kappa shape index (κ3) is 6.94. The van der Waals surface area contributed by atoms with Crippen LogP contribution < -0.4 is 39.5 Å². The number of carbonyl (C=O) groups is 2. The van der Waals surface area contributed by atoms with Crippen molar-refractivity contribution in [2.24, 2.45) is 0 Å². The van der Waals surface area contributed by atoms with Gasteiger partial charge in [-0.05, 0) is 67.3 Å². The number of pyridine rings is 1. The van der Waals surface area contributed by atoms with Crippen molar-refractivity contribution in [3.8, 4) is 34.3 Å². The van der Waals surface area contributed by atoms with Crippen LogP contribution in [0, 0.1) is 0 Å². The van der Waals surface area contributed by atoms with E-state index in [0.717, 1.165) is 102 Å². The Bertz CT molecular complexity index is 1580. The highest BCUT2D eigenvalue weighted by atomic mass is 32.2. The van der Waals surface area contributed by atoms with Gasteiger partial charge >= 0.3 is 6.03 Å². The van der Waals surface area contributed by atoms with Crippen molar-refractivity contribution in [2.75, 3.05) is 40.2 Å². The van der Waals surface area contributed by atoms with Crippen LogP contribution in [0.2, 0.25) is 0 Å². The largest absolute Gasteiger partial charge is 0.493 e. The number of thioether (sulfide) groups is 1. The van der Waals surface area contributed by atoms with Gasteiger partial charge in [0.25, 0.3) is 0 Å². The number of unbranched alkanes of at least 4 members (excludes halogenated alkanes) is 3. The Morgan fingerprint density at radius 1 is 0.978 bits per heavy atom. The molecule has 3 amide bonds. The van der Waals surface area contributed by atoms with Gasteiger partial charge in [0.15, 0.2) is 35.7 Å². The van der Waals surface area contributed by atoms with E-state index in [9.17, 15) is 9.59 Å². The maximum Gasteiger partial charge on any atom is 0.315 e. The first-order chi connectivity index (χ1) is 22.5. The van der Waals surface area contributed by atoms with Gasteiger partial charge in [0.2, 0.25) is 11.6 Å². The van der Waals surface area contributed by atoms with E-state index in [-0.39, 0.29) is 24.0 Å². The number of benzene rings is 2. The number of amides is 3. The van der Waals surface area contributed by atoms with Crippen LogP contribution in [0.5, 0.6) is 23.0 Å². The van der Waals surface area contributed by atoms with E-state index in [1.165, 1.54) is 5.56 Å². The summed E-state index contributed by atoms with van der Waals surface area (Å²) in [7, 11) is 5.01. The molecule has 2 saturated heterocycles. The van der Waals surface area contributed by atoms with E-state index in [0.29, 0.717) is 24.8 Å². The second-order valence-corrected chi connectivity index (χ2v) is 13.5. The average molecular weight is 650 g/mol. The minimum Gasteiger partial charge on any atom is -0.493 e. The van der Waals surface area contributed by atoms with Crippen LogP contribution in [-0.4, -0.2) is 69.5 Å². The summed E-state index contributed by atoms with van der Waals surface area (Å²) < 4.78 is 25.4. The number of methoxy groups -OCH3 is 3. The topological polar surface area (TPSA) is 111 Å². The molecule has 0 aliphatic carbocycles. The smallest absolute Gasteiger partial charge is 0.315 e. The highest BCUT2D eigenvalue weighted by molar-refractivity contribution is 8.00. The van der Waals surface area contributed by atoms with E-state index in [1.807, 2.05) is 17.8 Å². The number of fused-ring (bicyclic) bond motifs is 5. The third-order valence-corrected chi connectivity index (χ3v) is 10.8. The van der Waals surface area contributed by atoms with Gasteiger partial charge in [-0.25, -0.2) is 4.79 Å². The summed E-state index contributed by atoms with van der Waals surface area (Å²) in [5.74, 6) is 4.05. The second-order valence-electron chi connectivity index (χ2n) is 12.2. The molecule has 0 unspecified atom stereocenters. The average Bonchev–Trinajstić information content (AvgIpc) is 3.63. The van der Waals surface area contributed by atoms with Gasteiger partial charge in [0.1, 0.15) is 0 Å². The Morgan fingerprint density at radius 3 is 2.67 bits per heavy atom. The first-order valence-corrected chi connectivity index (χ1v) is 17.4. The van der Waals surface area contributed by atoms with E-state index in [4.69, 9.17) is 18.9 Å². The molecule has 3 aliphatic heterocycles. The van der Waals surface area contributed by atoms with Crippen molar-refractivity contribution in [1.29, 1.82) is 0 Å². The third-order valence-electron chi connectivity index (χ3n) is 9.27. The van der Waals surface area contributed by atoms with Crippen molar-refractivity contribution < 1.29 is 33.1 Å². The molecule has 2 fully saturated rings. The molecule has 246 valence electrons. The van der Waals surface area contributed by atoms with Crippen molar-refractivity contribution in [3.05, 3.63) is 42.1 Å². The van der Waals surface area contributed by atoms with Crippen LogP contribution in [0.3, 0.4) is 0 Å². The lowest BCUT2D eigenvalue weighted by Gasteiger charge is -2.19. The zero-order chi connectivity index (χ0) is 32.0. The van der Waals surface area contributed by atoms with Crippen molar-refractivity contribution in [1.82, 2.24) is 16.0 Å². The summed E-state index contributed by atoms with van der Waals surface area (Å²) in [4.78, 5) is 23.8. The number of carbonyl (C=O) groups excluding carboxylic acids is 2. The van der Waals surface area contributed by atoms with Crippen LogP contribution in [0.25, 0.3) is 22.0 Å². The molecule has 3 N–H and O–H groups in total. The molecular formula is C35H45N4O6S+. The van der Waals surface area contributed by atoms with Gasteiger partial charge in [0.05, 0.1) is 51.0 Å². The summed E-state index contributed by atoms with van der Waals surface area (Å²) in [5, 5.41) is 11.6. The fourth-order valence-electron chi connectivity index (χ4n) is 6.83. The van der Waals surface area contributed by atoms with Gasteiger partial charge in [-0.3, -0.25) is 4.79 Å². The first-order valence-electron chi connectivity index (χ1n) is 16.4. The molecule has 3 aromatic rings. The van der Waals surface area contributed by atoms with Crippen LogP contribution in [0.15, 0.2) is 36.5 Å². The molecule has 3 atom stereocenters. The lowest BCUT2D eigenvalue weighted by atomic mass is 9.95. The number of rotatable bonds is 15. The van der Waals surface area contributed by atoms with Crippen molar-refractivity contribution in [2.45, 2.75) is 75.2 Å². The van der Waals surface area contributed by atoms with Gasteiger partial charge in [-0.2, -0.15) is 16.3 Å². The highest BCUT2D eigenvalue weighted by Crippen LogP contribution is 2.40. The van der Waals surface area contributed by atoms with Gasteiger partial charge in [-0.15, -0.1) is 0 Å². The number of hydrogen-bond donors (Lipinski definition) is 3. The molecule has 1 aromatic heterocycles. The number of aromatic nitrogens is 1. The Balaban J connectivity index is 0.930. The Labute approximate surface area is 274 Å². The molecular weight excluding hydrogens is 604 g/mol. The first kappa shape index (κ1) is 32.1. The summed E-state index contributed by atoms with van der Waals surface area (Å²) in [6.45, 7) is 2.14. The minimum atomic E-state index is -0.0474. The molecule has 10 nitrogen and oxygen atoms in total. The lowest BCUT2D eigenvalue weighted by molar-refractivity contribution is -0.686. The zero-order valence-corrected chi connectivity index (χ0v) is 27.8. The van der Waals surface area contributed by atoms with E-state index < -0.39 is 0 Å². The number of nitrogens with one attached hydrogen (secondary N) is 3. The number of aryl methyl sites for hydroxylation is 2. The molecule has 3 aliphatic rings. The maximum absolute atomic E-state index is 12.3. The Morgan fingerprint density at radius 2 is 1.85 bits per heavy atom. The SMILES string of the molecule is COc1cc2c(cc1OCCCCCNC(=O)CCCC[C@@H]1SC[C@@H]3NC(=O)N[C@@H]31)CC[n+]1cc3c(OC)c(OC)ccc3cc1-2. The molecule has 0 bridgehead atoms. The number of ether oxygens (including phenoxy) is 4. The minimum absolute atomic E-state index is 0.0474. The molecule has 0 spiro atoms. The fourth-order valence-corrected chi connectivity index (χ4v) is 8.38. The van der Waals surface area contributed by atoms with Crippen molar-refractivity contribution >= 4 is 34.5 Å². The molecule has 6 rings (SSSR count). The number of urea groups is 1. The summed E-state index contributed by atoms with van der Waals surface area (Å²) >= 11 is 1.92. The summed E-state index contributed by atoms with van der Waals surface area (Å²) in [6, 6.07) is 10.9. The lowest BCUT2D eigenvalue weighted by Crippen LogP contribution is -2.40. The van der Waals surface area contributed by atoms with E-state index in [1.54, 1.807) is 21.3 Å². The zero-order valence-electron chi connectivity index (χ0n) is 27.0. The van der Waals surface area contributed by atoms with Gasteiger partial charge in [-0.1, -0.05) is 6.42 Å². The van der Waals surface area contributed by atoms with Crippen LogP contribution in [0.1, 0.15) is 50.5 Å². The molecule has 0 radical (unpaired) electrons. The molecule has 11 heteroatoms. The molecule has 0 saturated carbocycles. The van der Waals surface area contributed by atoms with Crippen LogP contribution in [-0.2, 0) is 17.8 Å². The standard InChI is InChI=1S/C35H44N4O6S/c1-42-28-12-11-22-17-27-24-19-29(43-2)30(18-23(24)13-15-39(27)20-25(22)34(28)44-3)45-16-8-4-7-14-36-32(40)10-6-5-9-31-33-26(21-46-31)37-35(41)38-33/h11-12,17-20,26,31,33H,4-10,13-16,21H2,1-3H3,(H2-,36,37,38,40,41)/p+1/t26-,31-,33-/m0/s1. The van der Waals surface area contributed by atoms with Crippen molar-refractivity contribution in [3.63, 3.8) is 0 Å². The molecule has 46 heavy (non-hydrogen) atoms.